The second kappa shape index (κ2) is 7.77. The number of nitrogens with one attached hydrogen (secondary N) is 1. The molecule has 0 heterocycles. The van der Waals surface area contributed by atoms with Gasteiger partial charge in [-0.1, -0.05) is 40.5 Å². The summed E-state index contributed by atoms with van der Waals surface area (Å²) < 4.78 is 5.95. The van der Waals surface area contributed by atoms with Gasteiger partial charge in [-0.05, 0) is 37.6 Å². The molecule has 0 bridgehead atoms. The molecule has 3 nitrogen and oxygen atoms in total. The van der Waals surface area contributed by atoms with Gasteiger partial charge in [0.25, 0.3) is 0 Å². The summed E-state index contributed by atoms with van der Waals surface area (Å²) in [5.41, 5.74) is 0.742. The van der Waals surface area contributed by atoms with Gasteiger partial charge in [0.2, 0.25) is 0 Å². The zero-order chi connectivity index (χ0) is 13.5. The van der Waals surface area contributed by atoms with E-state index in [2.05, 4.69) is 21.2 Å². The van der Waals surface area contributed by atoms with Crippen LogP contribution >= 0.6 is 27.5 Å². The second-order valence-corrected chi connectivity index (χ2v) is 5.13. The summed E-state index contributed by atoms with van der Waals surface area (Å²) >= 11 is 9.51. The number of ether oxygens (including phenoxy) is 1. The molecule has 0 fully saturated rings. The quantitative estimate of drug-likeness (QED) is 0.806. The monoisotopic (exact) mass is 333 g/mol. The highest BCUT2D eigenvalue weighted by Crippen LogP contribution is 2.27. The Morgan fingerprint density at radius 1 is 1.50 bits per heavy atom. The van der Waals surface area contributed by atoms with Crippen LogP contribution in [0.3, 0.4) is 0 Å². The third-order valence-electron chi connectivity index (χ3n) is 2.39. The predicted octanol–water partition coefficient (Wildman–Crippen LogP) is 3.71. The Hall–Kier alpha value is -0.580. The first-order chi connectivity index (χ1) is 8.60. The van der Waals surface area contributed by atoms with E-state index in [1.165, 1.54) is 0 Å². The van der Waals surface area contributed by atoms with Gasteiger partial charge in [-0.25, -0.2) is 4.79 Å². The van der Waals surface area contributed by atoms with E-state index >= 15 is 0 Å². The Morgan fingerprint density at radius 3 is 2.78 bits per heavy atom. The largest absolute Gasteiger partial charge is 0.465 e. The first-order valence-electron chi connectivity index (χ1n) is 5.95. The molecule has 0 amide bonds. The Morgan fingerprint density at radius 2 is 2.22 bits per heavy atom. The third-order valence-corrected chi connectivity index (χ3v) is 3.21. The van der Waals surface area contributed by atoms with Crippen molar-refractivity contribution in [2.24, 2.45) is 0 Å². The van der Waals surface area contributed by atoms with Gasteiger partial charge in [0.05, 0.1) is 6.61 Å². The highest BCUT2D eigenvalue weighted by Gasteiger charge is 2.23. The molecule has 1 aromatic carbocycles. The van der Waals surface area contributed by atoms with E-state index in [9.17, 15) is 4.79 Å². The fraction of sp³-hybridized carbons (Fsp3) is 0.462. The van der Waals surface area contributed by atoms with Gasteiger partial charge in [0, 0.05) is 9.50 Å². The number of hydrogen-bond donors (Lipinski definition) is 1. The normalized spacial score (nSPS) is 12.2. The van der Waals surface area contributed by atoms with Crippen LogP contribution in [0, 0.1) is 0 Å². The first kappa shape index (κ1) is 15.5. The summed E-state index contributed by atoms with van der Waals surface area (Å²) in [6.45, 7) is 4.92. The SMILES string of the molecule is CCCNC(C(=O)OCC)c1ccc(Br)cc1Cl. The Balaban J connectivity index is 2.97. The van der Waals surface area contributed by atoms with E-state index in [0.29, 0.717) is 11.6 Å². The maximum atomic E-state index is 11.9. The number of esters is 1. The summed E-state index contributed by atoms with van der Waals surface area (Å²) in [6.07, 6.45) is 0.935. The standard InChI is InChI=1S/C13H17BrClNO2/c1-3-7-16-12(13(17)18-4-2)10-6-5-9(14)8-11(10)15/h5-6,8,12,16H,3-4,7H2,1-2H3. The van der Waals surface area contributed by atoms with E-state index in [0.717, 1.165) is 23.0 Å². The lowest BCUT2D eigenvalue weighted by Crippen LogP contribution is -2.31. The van der Waals surface area contributed by atoms with Crippen molar-refractivity contribution in [1.82, 2.24) is 5.32 Å². The molecule has 0 saturated carbocycles. The molecular formula is C13H17BrClNO2. The highest BCUT2D eigenvalue weighted by molar-refractivity contribution is 9.10. The van der Waals surface area contributed by atoms with E-state index in [-0.39, 0.29) is 5.97 Å². The van der Waals surface area contributed by atoms with Gasteiger partial charge in [0.15, 0.2) is 0 Å². The maximum absolute atomic E-state index is 11.9. The van der Waals surface area contributed by atoms with Gasteiger partial charge in [-0.3, -0.25) is 0 Å². The van der Waals surface area contributed by atoms with Crippen molar-refractivity contribution in [3.63, 3.8) is 0 Å². The fourth-order valence-electron chi connectivity index (χ4n) is 1.57. The number of hydrogen-bond acceptors (Lipinski definition) is 3. The lowest BCUT2D eigenvalue weighted by atomic mass is 10.1. The molecule has 0 spiro atoms. The molecule has 1 aromatic rings. The smallest absolute Gasteiger partial charge is 0.327 e. The van der Waals surface area contributed by atoms with Gasteiger partial charge in [-0.15, -0.1) is 0 Å². The van der Waals surface area contributed by atoms with E-state index in [1.807, 2.05) is 19.1 Å². The molecular weight excluding hydrogens is 318 g/mol. The van der Waals surface area contributed by atoms with Crippen LogP contribution < -0.4 is 5.32 Å². The zero-order valence-electron chi connectivity index (χ0n) is 10.5. The molecule has 1 rings (SSSR count). The van der Waals surface area contributed by atoms with Crippen LogP contribution in [-0.4, -0.2) is 19.1 Å². The highest BCUT2D eigenvalue weighted by atomic mass is 79.9. The average Bonchev–Trinajstić information content (AvgIpc) is 2.32. The minimum absolute atomic E-state index is 0.296. The third kappa shape index (κ3) is 4.26. The van der Waals surface area contributed by atoms with E-state index in [4.69, 9.17) is 16.3 Å². The first-order valence-corrected chi connectivity index (χ1v) is 7.12. The fourth-order valence-corrected chi connectivity index (χ4v) is 2.35. The molecule has 1 atom stereocenters. The Labute approximate surface area is 121 Å². The van der Waals surface area contributed by atoms with Gasteiger partial charge in [-0.2, -0.15) is 0 Å². The maximum Gasteiger partial charge on any atom is 0.327 e. The number of rotatable bonds is 6. The number of benzene rings is 1. The second-order valence-electron chi connectivity index (χ2n) is 3.81. The molecule has 0 aliphatic carbocycles. The molecule has 1 unspecified atom stereocenters. The van der Waals surface area contributed by atoms with Crippen molar-refractivity contribution < 1.29 is 9.53 Å². The van der Waals surface area contributed by atoms with Crippen molar-refractivity contribution in [1.29, 1.82) is 0 Å². The van der Waals surface area contributed by atoms with Crippen LogP contribution in [0.15, 0.2) is 22.7 Å². The molecule has 0 saturated heterocycles. The molecule has 0 aliphatic heterocycles. The number of halogens is 2. The summed E-state index contributed by atoms with van der Waals surface area (Å²) in [4.78, 5) is 11.9. The van der Waals surface area contributed by atoms with Gasteiger partial charge >= 0.3 is 5.97 Å². The summed E-state index contributed by atoms with van der Waals surface area (Å²) in [6, 6.07) is 4.96. The minimum Gasteiger partial charge on any atom is -0.465 e. The van der Waals surface area contributed by atoms with Crippen LogP contribution in [0.5, 0.6) is 0 Å². The van der Waals surface area contributed by atoms with E-state index < -0.39 is 6.04 Å². The van der Waals surface area contributed by atoms with Gasteiger partial charge < -0.3 is 10.1 Å². The lowest BCUT2D eigenvalue weighted by molar-refractivity contribution is -0.145. The molecule has 0 aliphatic rings. The zero-order valence-corrected chi connectivity index (χ0v) is 12.8. The van der Waals surface area contributed by atoms with Crippen molar-refractivity contribution >= 4 is 33.5 Å². The minimum atomic E-state index is -0.509. The Kier molecular flexibility index (Phi) is 6.68. The van der Waals surface area contributed by atoms with Crippen LogP contribution in [-0.2, 0) is 9.53 Å². The molecule has 18 heavy (non-hydrogen) atoms. The van der Waals surface area contributed by atoms with Crippen molar-refractivity contribution in [2.45, 2.75) is 26.3 Å². The van der Waals surface area contributed by atoms with Crippen LogP contribution in [0.4, 0.5) is 0 Å². The average molecular weight is 335 g/mol. The number of carbonyl (C=O) groups is 1. The molecule has 100 valence electrons. The summed E-state index contributed by atoms with van der Waals surface area (Å²) in [5, 5.41) is 3.70. The van der Waals surface area contributed by atoms with Crippen LogP contribution in [0.1, 0.15) is 31.9 Å². The van der Waals surface area contributed by atoms with Gasteiger partial charge in [0.1, 0.15) is 6.04 Å². The Bertz CT molecular complexity index is 412. The molecule has 1 N–H and O–H groups in total. The molecule has 5 heteroatoms. The number of carbonyl (C=O) groups excluding carboxylic acids is 1. The molecule has 0 aromatic heterocycles. The van der Waals surface area contributed by atoms with E-state index in [1.54, 1.807) is 13.0 Å². The van der Waals surface area contributed by atoms with Crippen molar-refractivity contribution in [3.8, 4) is 0 Å². The lowest BCUT2D eigenvalue weighted by Gasteiger charge is -2.18. The summed E-state index contributed by atoms with van der Waals surface area (Å²) in [5.74, 6) is -0.296. The van der Waals surface area contributed by atoms with Crippen molar-refractivity contribution in [2.75, 3.05) is 13.2 Å². The topological polar surface area (TPSA) is 38.3 Å². The van der Waals surface area contributed by atoms with Crippen molar-refractivity contribution in [3.05, 3.63) is 33.3 Å². The van der Waals surface area contributed by atoms with Crippen LogP contribution in [0.2, 0.25) is 5.02 Å². The summed E-state index contributed by atoms with van der Waals surface area (Å²) in [7, 11) is 0. The predicted molar refractivity (Wildman–Crippen MR) is 76.8 cm³/mol. The van der Waals surface area contributed by atoms with Crippen LogP contribution in [0.25, 0.3) is 0 Å². The molecule has 0 radical (unpaired) electrons.